The Morgan fingerprint density at radius 2 is 0.812 bits per heavy atom. The molecule has 0 radical (unpaired) electrons. The molecular weight excluding hydrogens is 192 g/mol. The van der Waals surface area contributed by atoms with Crippen molar-refractivity contribution in [3.63, 3.8) is 0 Å². The fourth-order valence-electron chi connectivity index (χ4n) is 4.24. The van der Waals surface area contributed by atoms with Gasteiger partial charge in [0, 0.05) is 0 Å². The van der Waals surface area contributed by atoms with Crippen molar-refractivity contribution in [2.24, 2.45) is 35.5 Å². The summed E-state index contributed by atoms with van der Waals surface area (Å²) >= 11 is 0. The number of hydrogen-bond acceptors (Lipinski definition) is 0. The Morgan fingerprint density at radius 1 is 0.562 bits per heavy atom. The van der Waals surface area contributed by atoms with E-state index in [-0.39, 0.29) is 0 Å². The van der Waals surface area contributed by atoms with Crippen LogP contribution in [0, 0.1) is 35.5 Å². The molecular formula is C16H32. The van der Waals surface area contributed by atoms with Crippen molar-refractivity contribution in [2.75, 3.05) is 0 Å². The average molecular weight is 224 g/mol. The first kappa shape index (κ1) is 14.1. The third-order valence-electron chi connectivity index (χ3n) is 5.60. The second-order valence-electron chi connectivity index (χ2n) is 6.34. The molecule has 0 spiro atoms. The smallest absolute Gasteiger partial charge is 0.0357 e. The highest BCUT2D eigenvalue weighted by molar-refractivity contribution is 4.90. The first-order valence-corrected chi connectivity index (χ1v) is 7.54. The summed E-state index contributed by atoms with van der Waals surface area (Å²) < 4.78 is 0. The normalized spacial score (nSPS) is 44.6. The molecule has 1 aliphatic carbocycles. The molecule has 0 N–H and O–H groups in total. The Kier molecular flexibility index (Phi) is 5.34. The van der Waals surface area contributed by atoms with E-state index in [9.17, 15) is 0 Å². The quantitative estimate of drug-likeness (QED) is 0.601. The zero-order valence-corrected chi connectivity index (χ0v) is 12.3. The first-order valence-electron chi connectivity index (χ1n) is 7.54. The Balaban J connectivity index is 2.77. The molecule has 0 saturated heterocycles. The van der Waals surface area contributed by atoms with E-state index < -0.39 is 0 Å². The maximum Gasteiger partial charge on any atom is -0.0357 e. The highest BCUT2D eigenvalue weighted by atomic mass is 14.5. The minimum atomic E-state index is 0.933. The van der Waals surface area contributed by atoms with Gasteiger partial charge in [0.05, 0.1) is 0 Å². The summed E-state index contributed by atoms with van der Waals surface area (Å²) in [7, 11) is 0. The highest BCUT2D eigenvalue weighted by Crippen LogP contribution is 2.48. The summed E-state index contributed by atoms with van der Waals surface area (Å²) in [5.74, 6) is 5.68. The van der Waals surface area contributed by atoms with Crippen molar-refractivity contribution < 1.29 is 0 Å². The molecule has 1 aliphatic rings. The van der Waals surface area contributed by atoms with Crippen LogP contribution in [0.25, 0.3) is 0 Å². The SMILES string of the molecule is CCCC1C(C)C(C)C(CCC)C(C)C1C. The Morgan fingerprint density at radius 3 is 1.00 bits per heavy atom. The molecule has 4 atom stereocenters. The third-order valence-corrected chi connectivity index (χ3v) is 5.60. The third kappa shape index (κ3) is 2.63. The van der Waals surface area contributed by atoms with Crippen LogP contribution in [0.4, 0.5) is 0 Å². The largest absolute Gasteiger partial charge is 0.0654 e. The van der Waals surface area contributed by atoms with Gasteiger partial charge in [-0.25, -0.2) is 0 Å². The molecule has 16 heavy (non-hydrogen) atoms. The summed E-state index contributed by atoms with van der Waals surface area (Å²) in [5, 5.41) is 0. The van der Waals surface area contributed by atoms with Crippen molar-refractivity contribution in [3.8, 4) is 0 Å². The molecule has 96 valence electrons. The van der Waals surface area contributed by atoms with Gasteiger partial charge in [0.2, 0.25) is 0 Å². The van der Waals surface area contributed by atoms with Gasteiger partial charge < -0.3 is 0 Å². The van der Waals surface area contributed by atoms with Crippen molar-refractivity contribution in [3.05, 3.63) is 0 Å². The van der Waals surface area contributed by atoms with E-state index in [1.165, 1.54) is 25.7 Å². The van der Waals surface area contributed by atoms with Crippen LogP contribution in [0.5, 0.6) is 0 Å². The van der Waals surface area contributed by atoms with Crippen LogP contribution < -0.4 is 0 Å². The van der Waals surface area contributed by atoms with E-state index in [1.54, 1.807) is 0 Å². The van der Waals surface area contributed by atoms with E-state index in [4.69, 9.17) is 0 Å². The number of hydrogen-bond donors (Lipinski definition) is 0. The second kappa shape index (κ2) is 6.07. The number of rotatable bonds is 4. The van der Waals surface area contributed by atoms with E-state index in [1.807, 2.05) is 0 Å². The topological polar surface area (TPSA) is 0 Å². The molecule has 1 rings (SSSR count). The van der Waals surface area contributed by atoms with Gasteiger partial charge in [0.25, 0.3) is 0 Å². The van der Waals surface area contributed by atoms with Crippen molar-refractivity contribution >= 4 is 0 Å². The predicted molar refractivity (Wildman–Crippen MR) is 73.5 cm³/mol. The summed E-state index contributed by atoms with van der Waals surface area (Å²) in [6, 6.07) is 0. The average Bonchev–Trinajstić information content (AvgIpc) is 2.28. The Hall–Kier alpha value is 0. The molecule has 0 aliphatic heterocycles. The van der Waals surface area contributed by atoms with E-state index in [0.717, 1.165) is 35.5 Å². The van der Waals surface area contributed by atoms with E-state index >= 15 is 0 Å². The lowest BCUT2D eigenvalue weighted by molar-refractivity contribution is 0.00276. The van der Waals surface area contributed by atoms with Crippen LogP contribution in [0.3, 0.4) is 0 Å². The minimum absolute atomic E-state index is 0.933. The van der Waals surface area contributed by atoms with Crippen molar-refractivity contribution in [1.29, 1.82) is 0 Å². The van der Waals surface area contributed by atoms with Crippen LogP contribution in [0.2, 0.25) is 0 Å². The van der Waals surface area contributed by atoms with Gasteiger partial charge in [0.15, 0.2) is 0 Å². The molecule has 0 aromatic heterocycles. The van der Waals surface area contributed by atoms with Crippen LogP contribution in [0.1, 0.15) is 67.2 Å². The van der Waals surface area contributed by atoms with Gasteiger partial charge in [-0.05, 0) is 35.5 Å². The lowest BCUT2D eigenvalue weighted by Gasteiger charge is -2.48. The van der Waals surface area contributed by atoms with Gasteiger partial charge in [-0.3, -0.25) is 0 Å². The van der Waals surface area contributed by atoms with Crippen molar-refractivity contribution in [2.45, 2.75) is 67.2 Å². The van der Waals surface area contributed by atoms with Crippen LogP contribution >= 0.6 is 0 Å². The standard InChI is InChI=1S/C16H32/c1-7-9-15-11(3)13(5)16(10-8-2)14(6)12(15)4/h11-16H,7-10H2,1-6H3. The van der Waals surface area contributed by atoms with Gasteiger partial charge in [-0.15, -0.1) is 0 Å². The molecule has 0 aromatic carbocycles. The molecule has 4 unspecified atom stereocenters. The fourth-order valence-corrected chi connectivity index (χ4v) is 4.24. The molecule has 1 saturated carbocycles. The molecule has 1 fully saturated rings. The van der Waals surface area contributed by atoms with Crippen LogP contribution in [-0.2, 0) is 0 Å². The predicted octanol–water partition coefficient (Wildman–Crippen LogP) is 5.38. The second-order valence-corrected chi connectivity index (χ2v) is 6.34. The van der Waals surface area contributed by atoms with Gasteiger partial charge in [-0.2, -0.15) is 0 Å². The monoisotopic (exact) mass is 224 g/mol. The van der Waals surface area contributed by atoms with Gasteiger partial charge >= 0.3 is 0 Å². The van der Waals surface area contributed by atoms with Gasteiger partial charge in [0.1, 0.15) is 0 Å². The van der Waals surface area contributed by atoms with Gasteiger partial charge in [-0.1, -0.05) is 67.2 Å². The lowest BCUT2D eigenvalue weighted by Crippen LogP contribution is -2.42. The van der Waals surface area contributed by atoms with Crippen molar-refractivity contribution in [1.82, 2.24) is 0 Å². The summed E-state index contributed by atoms with van der Waals surface area (Å²) in [4.78, 5) is 0. The Bertz CT molecular complexity index is 158. The summed E-state index contributed by atoms with van der Waals surface area (Å²) in [6.45, 7) is 14.7. The molecule has 0 nitrogen and oxygen atoms in total. The zero-order valence-electron chi connectivity index (χ0n) is 12.3. The van der Waals surface area contributed by atoms with E-state index in [2.05, 4.69) is 41.5 Å². The van der Waals surface area contributed by atoms with Crippen LogP contribution in [-0.4, -0.2) is 0 Å². The maximum atomic E-state index is 2.51. The maximum absolute atomic E-state index is 2.51. The molecule has 0 amide bonds. The molecule has 0 aromatic rings. The summed E-state index contributed by atoms with van der Waals surface area (Å²) in [5.41, 5.74) is 0. The fraction of sp³-hybridized carbons (Fsp3) is 1.00. The Labute approximate surface area is 103 Å². The zero-order chi connectivity index (χ0) is 12.3. The summed E-state index contributed by atoms with van der Waals surface area (Å²) in [6.07, 6.45) is 5.60. The molecule has 0 heterocycles. The highest BCUT2D eigenvalue weighted by Gasteiger charge is 2.41. The van der Waals surface area contributed by atoms with E-state index in [0.29, 0.717) is 0 Å². The molecule has 0 bridgehead atoms. The van der Waals surface area contributed by atoms with Crippen LogP contribution in [0.15, 0.2) is 0 Å². The molecule has 0 heteroatoms. The first-order chi connectivity index (χ1) is 7.54. The lowest BCUT2D eigenvalue weighted by atomic mass is 9.57. The minimum Gasteiger partial charge on any atom is -0.0654 e.